The topological polar surface area (TPSA) is 62.8 Å². The number of ether oxygens (including phenoxy) is 2. The highest BCUT2D eigenvalue weighted by atomic mass is 32.1. The number of halogens is 3. The van der Waals surface area contributed by atoms with Gasteiger partial charge in [-0.15, -0.1) is 0 Å². The molecule has 30 heavy (non-hydrogen) atoms. The Hall–Kier alpha value is -2.85. The minimum Gasteiger partial charge on any atom is -0.497 e. The second-order valence-electron chi connectivity index (χ2n) is 6.47. The van der Waals surface area contributed by atoms with Gasteiger partial charge in [-0.1, -0.05) is 6.07 Å². The van der Waals surface area contributed by atoms with Gasteiger partial charge in [0, 0.05) is 18.7 Å². The fourth-order valence-electron chi connectivity index (χ4n) is 2.99. The summed E-state index contributed by atoms with van der Waals surface area (Å²) < 4.78 is 50.0. The third kappa shape index (κ3) is 5.39. The van der Waals surface area contributed by atoms with E-state index in [4.69, 9.17) is 21.7 Å². The van der Waals surface area contributed by atoms with Gasteiger partial charge in [0.25, 0.3) is 5.91 Å². The highest BCUT2D eigenvalue weighted by molar-refractivity contribution is 7.80. The maximum absolute atomic E-state index is 13.2. The molecule has 1 aliphatic rings. The van der Waals surface area contributed by atoms with E-state index in [0.29, 0.717) is 43.3 Å². The summed E-state index contributed by atoms with van der Waals surface area (Å²) in [6.45, 7) is 2.00. The van der Waals surface area contributed by atoms with E-state index in [1.807, 2.05) is 4.90 Å². The number of amides is 1. The van der Waals surface area contributed by atoms with Crippen molar-refractivity contribution in [1.82, 2.24) is 5.32 Å². The Morgan fingerprint density at radius 1 is 1.17 bits per heavy atom. The molecule has 1 amide bonds. The van der Waals surface area contributed by atoms with Gasteiger partial charge in [0.2, 0.25) is 0 Å². The van der Waals surface area contributed by atoms with Crippen LogP contribution in [0.2, 0.25) is 0 Å². The van der Waals surface area contributed by atoms with Gasteiger partial charge >= 0.3 is 6.18 Å². The maximum atomic E-state index is 13.2. The highest BCUT2D eigenvalue weighted by Gasteiger charge is 2.31. The fourth-order valence-corrected chi connectivity index (χ4v) is 3.19. The normalized spacial score (nSPS) is 14.2. The van der Waals surface area contributed by atoms with Crippen molar-refractivity contribution in [2.75, 3.05) is 43.6 Å². The molecule has 0 saturated carbocycles. The molecule has 10 heteroatoms. The van der Waals surface area contributed by atoms with Crippen LogP contribution in [0.3, 0.4) is 0 Å². The third-order valence-corrected chi connectivity index (χ3v) is 4.69. The number of nitrogens with one attached hydrogen (secondary N) is 2. The Labute approximate surface area is 177 Å². The molecule has 3 rings (SSSR count). The van der Waals surface area contributed by atoms with Crippen LogP contribution < -0.4 is 20.3 Å². The van der Waals surface area contributed by atoms with E-state index < -0.39 is 17.6 Å². The zero-order chi connectivity index (χ0) is 21.7. The van der Waals surface area contributed by atoms with Gasteiger partial charge in [-0.3, -0.25) is 10.1 Å². The highest BCUT2D eigenvalue weighted by Crippen LogP contribution is 2.35. The second kappa shape index (κ2) is 9.31. The number of rotatable bonds is 4. The lowest BCUT2D eigenvalue weighted by Crippen LogP contribution is -2.38. The number of hydrogen-bond donors (Lipinski definition) is 2. The van der Waals surface area contributed by atoms with Crippen molar-refractivity contribution in [2.24, 2.45) is 0 Å². The van der Waals surface area contributed by atoms with Gasteiger partial charge in [0.1, 0.15) is 5.75 Å². The summed E-state index contributed by atoms with van der Waals surface area (Å²) in [5.74, 6) is -0.0136. The van der Waals surface area contributed by atoms with Crippen molar-refractivity contribution >= 4 is 34.6 Å². The molecule has 6 nitrogen and oxygen atoms in total. The molecular weight excluding hydrogens is 419 g/mol. The number of hydrogen-bond acceptors (Lipinski definition) is 5. The lowest BCUT2D eigenvalue weighted by molar-refractivity contribution is -0.137. The van der Waals surface area contributed by atoms with Crippen molar-refractivity contribution in [3.8, 4) is 5.75 Å². The molecule has 1 fully saturated rings. The molecule has 160 valence electrons. The predicted octanol–water partition coefficient (Wildman–Crippen LogP) is 3.68. The number of anilines is 2. The number of nitrogens with zero attached hydrogens (tertiary/aromatic N) is 1. The molecule has 0 aromatic heterocycles. The number of alkyl halides is 3. The first-order valence-electron chi connectivity index (χ1n) is 9.08. The smallest absolute Gasteiger partial charge is 0.416 e. The summed E-state index contributed by atoms with van der Waals surface area (Å²) in [6.07, 6.45) is -4.51. The van der Waals surface area contributed by atoms with Gasteiger partial charge in [0.05, 0.1) is 37.3 Å². The Bertz CT molecular complexity index is 931. The summed E-state index contributed by atoms with van der Waals surface area (Å²) in [6, 6.07) is 9.83. The number of morpholine rings is 1. The molecule has 1 aliphatic heterocycles. The summed E-state index contributed by atoms with van der Waals surface area (Å²) in [5, 5.41) is 5.11. The van der Waals surface area contributed by atoms with Crippen molar-refractivity contribution in [1.29, 1.82) is 0 Å². The largest absolute Gasteiger partial charge is 0.497 e. The molecule has 0 radical (unpaired) electrons. The number of carbonyl (C=O) groups excluding carboxylic acids is 1. The Morgan fingerprint density at radius 3 is 2.57 bits per heavy atom. The minimum absolute atomic E-state index is 0.114. The molecule has 1 saturated heterocycles. The van der Waals surface area contributed by atoms with Crippen LogP contribution in [-0.4, -0.2) is 44.4 Å². The molecular formula is C20H20F3N3O3S. The Morgan fingerprint density at radius 2 is 1.90 bits per heavy atom. The average Bonchev–Trinajstić information content (AvgIpc) is 2.73. The van der Waals surface area contributed by atoms with Crippen LogP contribution in [0.25, 0.3) is 0 Å². The fraction of sp³-hybridized carbons (Fsp3) is 0.300. The van der Waals surface area contributed by atoms with Crippen molar-refractivity contribution in [3.63, 3.8) is 0 Å². The first kappa shape index (κ1) is 21.8. The number of methoxy groups -OCH3 is 1. The molecule has 2 aromatic carbocycles. The molecule has 2 aromatic rings. The molecule has 0 aliphatic carbocycles. The van der Waals surface area contributed by atoms with Crippen LogP contribution in [-0.2, 0) is 10.9 Å². The van der Waals surface area contributed by atoms with E-state index >= 15 is 0 Å². The van der Waals surface area contributed by atoms with E-state index in [1.165, 1.54) is 19.2 Å². The van der Waals surface area contributed by atoms with E-state index in [0.717, 1.165) is 12.1 Å². The standard InChI is InChI=1S/C20H20F3N3O3S/c1-28-15-4-2-3-13(11-15)18(27)25-19(30)24-16-12-14(20(21,22)23)5-6-17(16)26-7-9-29-10-8-26/h2-6,11-12H,7-10H2,1H3,(H2,24,25,27,30). The Balaban J connectivity index is 1.80. The van der Waals surface area contributed by atoms with Crippen LogP contribution in [0.1, 0.15) is 15.9 Å². The molecule has 0 bridgehead atoms. The SMILES string of the molecule is COc1cccc(C(=O)NC(=S)Nc2cc(C(F)(F)F)ccc2N2CCOCC2)c1. The quantitative estimate of drug-likeness (QED) is 0.709. The van der Waals surface area contributed by atoms with E-state index in [9.17, 15) is 18.0 Å². The van der Waals surface area contributed by atoms with Crippen molar-refractivity contribution in [2.45, 2.75) is 6.18 Å². The lowest BCUT2D eigenvalue weighted by atomic mass is 10.1. The van der Waals surface area contributed by atoms with Crippen molar-refractivity contribution < 1.29 is 27.4 Å². The average molecular weight is 439 g/mol. The van der Waals surface area contributed by atoms with Crippen molar-refractivity contribution in [3.05, 3.63) is 53.6 Å². The lowest BCUT2D eigenvalue weighted by Gasteiger charge is -2.31. The van der Waals surface area contributed by atoms with Gasteiger partial charge in [-0.05, 0) is 48.6 Å². The van der Waals surface area contributed by atoms with Crippen LogP contribution in [0.4, 0.5) is 24.5 Å². The first-order chi connectivity index (χ1) is 14.3. The first-order valence-corrected chi connectivity index (χ1v) is 9.49. The summed E-state index contributed by atoms with van der Waals surface area (Å²) in [7, 11) is 1.48. The minimum atomic E-state index is -4.51. The monoisotopic (exact) mass is 439 g/mol. The number of carbonyl (C=O) groups is 1. The molecule has 2 N–H and O–H groups in total. The van der Waals surface area contributed by atoms with E-state index in [1.54, 1.807) is 18.2 Å². The zero-order valence-corrected chi connectivity index (χ0v) is 16.9. The van der Waals surface area contributed by atoms with Crippen LogP contribution in [0.5, 0.6) is 5.75 Å². The molecule has 0 spiro atoms. The Kier molecular flexibility index (Phi) is 6.78. The van der Waals surface area contributed by atoms with Gasteiger partial charge in [-0.25, -0.2) is 0 Å². The molecule has 1 heterocycles. The van der Waals surface area contributed by atoms with Crippen LogP contribution >= 0.6 is 12.2 Å². The van der Waals surface area contributed by atoms with Gasteiger partial charge < -0.3 is 19.7 Å². The van der Waals surface area contributed by atoms with E-state index in [2.05, 4.69) is 10.6 Å². The van der Waals surface area contributed by atoms with Crippen LogP contribution in [0.15, 0.2) is 42.5 Å². The summed E-state index contributed by atoms with van der Waals surface area (Å²) >= 11 is 5.17. The van der Waals surface area contributed by atoms with Crippen LogP contribution in [0, 0.1) is 0 Å². The predicted molar refractivity (Wildman–Crippen MR) is 111 cm³/mol. The number of benzene rings is 2. The van der Waals surface area contributed by atoms with Gasteiger partial charge in [0.15, 0.2) is 5.11 Å². The third-order valence-electron chi connectivity index (χ3n) is 4.48. The molecule has 0 unspecified atom stereocenters. The maximum Gasteiger partial charge on any atom is 0.416 e. The summed E-state index contributed by atoms with van der Waals surface area (Å²) in [5.41, 5.74) is 0.187. The number of thiocarbonyl (C=S) groups is 1. The zero-order valence-electron chi connectivity index (χ0n) is 16.1. The van der Waals surface area contributed by atoms with E-state index in [-0.39, 0.29) is 10.8 Å². The van der Waals surface area contributed by atoms with Gasteiger partial charge in [-0.2, -0.15) is 13.2 Å². The molecule has 0 atom stereocenters. The second-order valence-corrected chi connectivity index (χ2v) is 6.88. The summed E-state index contributed by atoms with van der Waals surface area (Å²) in [4.78, 5) is 14.3.